The predicted molar refractivity (Wildman–Crippen MR) is 101 cm³/mol. The van der Waals surface area contributed by atoms with Crippen LogP contribution in [0.4, 0.5) is 0 Å². The van der Waals surface area contributed by atoms with E-state index in [0.29, 0.717) is 6.71 Å². The Morgan fingerprint density at radius 2 is 1.43 bits per heavy atom. The molecule has 0 bridgehead atoms. The van der Waals surface area contributed by atoms with Gasteiger partial charge in [-0.05, 0) is 40.7 Å². The molecule has 0 amide bonds. The normalized spacial score (nSPS) is 13.4. The topological polar surface area (TPSA) is 0 Å². The van der Waals surface area contributed by atoms with Crippen LogP contribution >= 0.6 is 11.6 Å². The number of halogens is 1. The molecular formula is C21H16BCl. The molecule has 1 heterocycles. The Balaban J connectivity index is 1.84. The van der Waals surface area contributed by atoms with Crippen molar-refractivity contribution in [3.8, 4) is 0 Å². The van der Waals surface area contributed by atoms with E-state index in [0.717, 1.165) is 11.3 Å². The summed E-state index contributed by atoms with van der Waals surface area (Å²) in [6.45, 7) is 0.386. The number of fused-ring (bicyclic) bond motifs is 1. The Morgan fingerprint density at radius 1 is 0.739 bits per heavy atom. The van der Waals surface area contributed by atoms with Gasteiger partial charge in [-0.15, -0.1) is 5.98 Å². The molecule has 0 spiro atoms. The first kappa shape index (κ1) is 14.4. The van der Waals surface area contributed by atoms with E-state index in [9.17, 15) is 0 Å². The van der Waals surface area contributed by atoms with E-state index in [-0.39, 0.29) is 0 Å². The highest BCUT2D eigenvalue weighted by atomic mass is 35.5. The molecule has 4 rings (SSSR count). The van der Waals surface area contributed by atoms with Gasteiger partial charge >= 0.3 is 0 Å². The highest BCUT2D eigenvalue weighted by molar-refractivity contribution is 6.78. The minimum absolute atomic E-state index is 0.386. The fraction of sp³-hybridized carbons (Fsp3) is 0.0476. The van der Waals surface area contributed by atoms with E-state index in [2.05, 4.69) is 72.7 Å². The van der Waals surface area contributed by atoms with E-state index in [4.69, 9.17) is 11.6 Å². The average molecular weight is 315 g/mol. The molecule has 110 valence electrons. The van der Waals surface area contributed by atoms with Gasteiger partial charge in [-0.25, -0.2) is 0 Å². The maximum atomic E-state index is 6.04. The van der Waals surface area contributed by atoms with Gasteiger partial charge in [0, 0.05) is 5.02 Å². The molecule has 0 atom stereocenters. The summed E-state index contributed by atoms with van der Waals surface area (Å²) in [4.78, 5) is 0. The lowest BCUT2D eigenvalue weighted by Gasteiger charge is -2.23. The molecule has 0 saturated heterocycles. The van der Waals surface area contributed by atoms with Crippen LogP contribution in [0.5, 0.6) is 0 Å². The second kappa shape index (κ2) is 6.10. The minimum atomic E-state index is 0.386. The molecule has 0 aromatic heterocycles. The highest BCUT2D eigenvalue weighted by Gasteiger charge is 2.24. The zero-order chi connectivity index (χ0) is 15.6. The van der Waals surface area contributed by atoms with E-state index >= 15 is 0 Å². The van der Waals surface area contributed by atoms with Crippen LogP contribution in [-0.4, -0.2) is 6.71 Å². The summed E-state index contributed by atoms with van der Waals surface area (Å²) in [5.74, 6) is 2.40. The molecule has 23 heavy (non-hydrogen) atoms. The zero-order valence-corrected chi connectivity index (χ0v) is 13.5. The third-order valence-corrected chi connectivity index (χ3v) is 4.75. The van der Waals surface area contributed by atoms with Gasteiger partial charge in [0.2, 0.25) is 6.71 Å². The maximum Gasteiger partial charge on any atom is 0.205 e. The van der Waals surface area contributed by atoms with Gasteiger partial charge in [-0.2, -0.15) is 0 Å². The molecule has 1 aliphatic rings. The van der Waals surface area contributed by atoms with Gasteiger partial charge in [-0.3, -0.25) is 0 Å². The maximum absolute atomic E-state index is 6.04. The summed E-state index contributed by atoms with van der Waals surface area (Å²) in [5, 5.41) is 0.789. The van der Waals surface area contributed by atoms with Crippen molar-refractivity contribution in [3.05, 3.63) is 107 Å². The van der Waals surface area contributed by atoms with Gasteiger partial charge < -0.3 is 0 Å². The first-order chi connectivity index (χ1) is 11.3. The van der Waals surface area contributed by atoms with E-state index in [1.165, 1.54) is 27.7 Å². The summed E-state index contributed by atoms with van der Waals surface area (Å²) in [7, 11) is 0. The predicted octanol–water partition coefficient (Wildman–Crippen LogP) is 4.81. The molecule has 3 aromatic carbocycles. The van der Waals surface area contributed by atoms with Gasteiger partial charge in [-0.1, -0.05) is 83.8 Å². The smallest absolute Gasteiger partial charge is 0.101 e. The SMILES string of the molecule is Clc1ccc(B2C=C(c3ccccc3)c3ccccc3C2)cc1. The van der Waals surface area contributed by atoms with E-state index in [1.807, 2.05) is 12.1 Å². The molecule has 1 aliphatic heterocycles. The second-order valence-electron chi connectivity index (χ2n) is 5.97. The quantitative estimate of drug-likeness (QED) is 0.596. The van der Waals surface area contributed by atoms with Gasteiger partial charge in [0.15, 0.2) is 0 Å². The second-order valence-corrected chi connectivity index (χ2v) is 6.40. The van der Waals surface area contributed by atoms with Crippen LogP contribution < -0.4 is 5.46 Å². The fourth-order valence-electron chi connectivity index (χ4n) is 3.34. The molecule has 0 radical (unpaired) electrons. The standard InChI is InChI=1S/C21H16BCl/c23-19-12-10-18(11-13-19)22-14-17-8-4-5-9-20(17)21(15-22)16-6-2-1-3-7-16/h1-13,15H,14H2. The zero-order valence-electron chi connectivity index (χ0n) is 12.7. The third kappa shape index (κ3) is 2.85. The third-order valence-electron chi connectivity index (χ3n) is 4.50. The molecule has 0 nitrogen and oxygen atoms in total. The Morgan fingerprint density at radius 3 is 2.22 bits per heavy atom. The van der Waals surface area contributed by atoms with Crippen LogP contribution in [0.1, 0.15) is 16.7 Å². The van der Waals surface area contributed by atoms with Crippen LogP contribution in [0.3, 0.4) is 0 Å². The number of rotatable bonds is 2. The van der Waals surface area contributed by atoms with Gasteiger partial charge in [0.05, 0.1) is 0 Å². The lowest BCUT2D eigenvalue weighted by molar-refractivity contribution is 1.32. The molecule has 0 N–H and O–H groups in total. The Labute approximate surface area is 142 Å². The molecule has 2 heteroatoms. The number of hydrogen-bond acceptors (Lipinski definition) is 0. The van der Waals surface area contributed by atoms with Crippen LogP contribution in [0.15, 0.2) is 84.8 Å². The van der Waals surface area contributed by atoms with E-state index < -0.39 is 0 Å². The Kier molecular flexibility index (Phi) is 3.81. The molecule has 0 unspecified atom stereocenters. The number of hydrogen-bond donors (Lipinski definition) is 0. The average Bonchev–Trinajstić information content (AvgIpc) is 2.62. The van der Waals surface area contributed by atoms with E-state index in [1.54, 1.807) is 0 Å². The molecule has 3 aromatic rings. The summed E-state index contributed by atoms with van der Waals surface area (Å²) in [5.41, 5.74) is 6.68. The van der Waals surface area contributed by atoms with Crippen molar-refractivity contribution in [3.63, 3.8) is 0 Å². The van der Waals surface area contributed by atoms with Crippen molar-refractivity contribution in [2.45, 2.75) is 6.32 Å². The minimum Gasteiger partial charge on any atom is -0.101 e. The Hall–Kier alpha value is -2.25. The highest BCUT2D eigenvalue weighted by Crippen LogP contribution is 2.31. The van der Waals surface area contributed by atoms with Crippen LogP contribution in [0.2, 0.25) is 5.02 Å². The summed E-state index contributed by atoms with van der Waals surface area (Å²) in [6.07, 6.45) is 1.04. The first-order valence-corrected chi connectivity index (χ1v) is 8.30. The Bertz CT molecular complexity index is 851. The molecule has 0 aliphatic carbocycles. The lowest BCUT2D eigenvalue weighted by atomic mass is 9.39. The van der Waals surface area contributed by atoms with Crippen molar-refractivity contribution in [2.75, 3.05) is 0 Å². The van der Waals surface area contributed by atoms with Crippen LogP contribution in [0, 0.1) is 0 Å². The van der Waals surface area contributed by atoms with Gasteiger partial charge in [0.1, 0.15) is 0 Å². The fourth-order valence-corrected chi connectivity index (χ4v) is 3.47. The molecule has 0 saturated carbocycles. The first-order valence-electron chi connectivity index (χ1n) is 7.92. The number of benzene rings is 3. The summed E-state index contributed by atoms with van der Waals surface area (Å²) in [6, 6.07) is 27.6. The van der Waals surface area contributed by atoms with Gasteiger partial charge in [0.25, 0.3) is 0 Å². The van der Waals surface area contributed by atoms with Crippen molar-refractivity contribution in [2.24, 2.45) is 0 Å². The molecular weight excluding hydrogens is 298 g/mol. The van der Waals surface area contributed by atoms with Crippen molar-refractivity contribution in [1.29, 1.82) is 0 Å². The van der Waals surface area contributed by atoms with Crippen LogP contribution in [0.25, 0.3) is 5.57 Å². The van der Waals surface area contributed by atoms with Crippen molar-refractivity contribution in [1.82, 2.24) is 0 Å². The lowest BCUT2D eigenvalue weighted by Crippen LogP contribution is -2.33. The monoisotopic (exact) mass is 314 g/mol. The summed E-state index contributed by atoms with van der Waals surface area (Å²) < 4.78 is 0. The van der Waals surface area contributed by atoms with Crippen molar-refractivity contribution >= 4 is 29.3 Å². The largest absolute Gasteiger partial charge is 0.205 e. The summed E-state index contributed by atoms with van der Waals surface area (Å²) >= 11 is 6.04. The van der Waals surface area contributed by atoms with Crippen LogP contribution in [-0.2, 0) is 6.32 Å². The van der Waals surface area contributed by atoms with Crippen molar-refractivity contribution < 1.29 is 0 Å². The molecule has 0 fully saturated rings.